The number of carbonyl (C=O) groups excluding carboxylic acids is 1. The second-order valence-electron chi connectivity index (χ2n) is 6.01. The van der Waals surface area contributed by atoms with E-state index in [4.69, 9.17) is 32.7 Å². The van der Waals surface area contributed by atoms with Gasteiger partial charge >= 0.3 is 0 Å². The summed E-state index contributed by atoms with van der Waals surface area (Å²) in [5.41, 5.74) is 2.52. The molecular weight excluding hydrogens is 469 g/mol. The van der Waals surface area contributed by atoms with Crippen LogP contribution in [-0.2, 0) is 9.63 Å². The van der Waals surface area contributed by atoms with Gasteiger partial charge in [-0.05, 0) is 18.2 Å². The number of hydrogen-bond donors (Lipinski definition) is 2. The number of ether oxygens (including phenoxy) is 2. The van der Waals surface area contributed by atoms with Crippen molar-refractivity contribution in [1.29, 1.82) is 0 Å². The molecule has 3 rings (SSSR count). The Hall–Kier alpha value is -3.05. The molecule has 3 aromatic rings. The lowest BCUT2D eigenvalue weighted by molar-refractivity contribution is -0.129. The van der Waals surface area contributed by atoms with Crippen molar-refractivity contribution in [3.8, 4) is 23.3 Å². The number of likely N-dealkylation sites (N-methyl/N-ethyl adjacent to an activating group) is 1. The normalized spacial score (nSPS) is 11.7. The summed E-state index contributed by atoms with van der Waals surface area (Å²) in [7, 11) is 1.39. The first kappa shape index (κ1) is 23.6. The highest BCUT2D eigenvalue weighted by atomic mass is 35.5. The predicted molar refractivity (Wildman–Crippen MR) is 112 cm³/mol. The molecule has 8 nitrogen and oxygen atoms in total. The number of alkyl halides is 1. The molecule has 0 aliphatic heterocycles. The largest absolute Gasteiger partial charge is 0.436 e. The van der Waals surface area contributed by atoms with Gasteiger partial charge in [-0.15, -0.1) is 0 Å². The van der Waals surface area contributed by atoms with E-state index in [0.29, 0.717) is 0 Å². The molecule has 1 atom stereocenters. The van der Waals surface area contributed by atoms with Gasteiger partial charge < -0.3 is 14.8 Å². The van der Waals surface area contributed by atoms with Crippen LogP contribution in [0.15, 0.2) is 48.8 Å². The average molecular weight is 485 g/mol. The van der Waals surface area contributed by atoms with E-state index in [9.17, 15) is 9.18 Å². The highest BCUT2D eigenvalue weighted by Crippen LogP contribution is 2.37. The Morgan fingerprint density at radius 2 is 1.72 bits per heavy atom. The van der Waals surface area contributed by atoms with Crippen LogP contribution in [0.25, 0.3) is 0 Å². The summed E-state index contributed by atoms with van der Waals surface area (Å²) in [6, 6.07) is 9.64. The second-order valence-corrected chi connectivity index (χ2v) is 6.80. The second kappa shape index (κ2) is 11.0. The zero-order valence-electron chi connectivity index (χ0n) is 16.4. The third-order valence-corrected chi connectivity index (χ3v) is 4.85. The smallest absolute Gasteiger partial charge is 0.263 e. The van der Waals surface area contributed by atoms with Gasteiger partial charge in [0.15, 0.2) is 0 Å². The van der Waals surface area contributed by atoms with E-state index in [1.807, 2.05) is 0 Å². The summed E-state index contributed by atoms with van der Waals surface area (Å²) < 4.78 is 38.5. The van der Waals surface area contributed by atoms with E-state index in [0.717, 1.165) is 6.33 Å². The van der Waals surface area contributed by atoms with Gasteiger partial charge in [-0.1, -0.05) is 47.5 Å². The summed E-state index contributed by atoms with van der Waals surface area (Å²) in [6.07, 6.45) is 1.02. The summed E-state index contributed by atoms with van der Waals surface area (Å²) in [4.78, 5) is 24.3. The Morgan fingerprint density at radius 3 is 2.41 bits per heavy atom. The van der Waals surface area contributed by atoms with Crippen molar-refractivity contribution < 1.29 is 27.9 Å². The van der Waals surface area contributed by atoms with E-state index < -0.39 is 36.4 Å². The molecule has 0 saturated heterocycles. The van der Waals surface area contributed by atoms with Crippen molar-refractivity contribution >= 4 is 29.1 Å². The fraction of sp³-hybridized carbons (Fsp3) is 0.150. The Kier molecular flexibility index (Phi) is 8.12. The number of benzene rings is 2. The van der Waals surface area contributed by atoms with Gasteiger partial charge in [0, 0.05) is 12.6 Å². The van der Waals surface area contributed by atoms with Crippen molar-refractivity contribution in [3.05, 3.63) is 70.2 Å². The predicted octanol–water partition coefficient (Wildman–Crippen LogP) is 4.74. The topological polar surface area (TPSA) is 94.6 Å². The minimum atomic E-state index is -1.18. The molecule has 2 N–H and O–H groups in total. The number of nitrogens with one attached hydrogen (secondary N) is 2. The molecule has 1 amide bonds. The molecule has 0 aliphatic rings. The van der Waals surface area contributed by atoms with Gasteiger partial charge in [0.05, 0.1) is 5.02 Å². The first-order valence-electron chi connectivity index (χ1n) is 9.00. The number of carbonyl (C=O) groups is 1. The number of amides is 1. The fourth-order valence-corrected chi connectivity index (χ4v) is 2.91. The summed E-state index contributed by atoms with van der Waals surface area (Å²) in [5, 5.41) is 2.71. The molecular formula is C20H16Cl2F2N4O4. The maximum Gasteiger partial charge on any atom is 0.263 e. The summed E-state index contributed by atoms with van der Waals surface area (Å²) in [5.74, 6) is -2.38. The zero-order valence-corrected chi connectivity index (χ0v) is 18.0. The lowest BCUT2D eigenvalue weighted by atomic mass is 10.1. The quantitative estimate of drug-likeness (QED) is 0.423. The third-order valence-electron chi connectivity index (χ3n) is 4.05. The maximum atomic E-state index is 15.0. The number of hydroxylamine groups is 1. The molecule has 32 heavy (non-hydrogen) atoms. The van der Waals surface area contributed by atoms with Gasteiger partial charge in [0.25, 0.3) is 11.8 Å². The molecule has 1 unspecified atom stereocenters. The van der Waals surface area contributed by atoms with Gasteiger partial charge in [-0.2, -0.15) is 19.8 Å². The Morgan fingerprint density at radius 1 is 1.06 bits per heavy atom. The van der Waals surface area contributed by atoms with Crippen molar-refractivity contribution in [2.75, 3.05) is 13.9 Å². The van der Waals surface area contributed by atoms with Crippen molar-refractivity contribution in [2.24, 2.45) is 0 Å². The van der Waals surface area contributed by atoms with E-state index >= 15 is 4.39 Å². The van der Waals surface area contributed by atoms with Crippen LogP contribution in [0.4, 0.5) is 8.78 Å². The van der Waals surface area contributed by atoms with E-state index in [1.54, 1.807) is 24.3 Å². The highest BCUT2D eigenvalue weighted by molar-refractivity contribution is 6.42. The van der Waals surface area contributed by atoms with Gasteiger partial charge in [0.1, 0.15) is 28.9 Å². The Balaban J connectivity index is 1.92. The van der Waals surface area contributed by atoms with Gasteiger partial charge in [-0.3, -0.25) is 9.63 Å². The van der Waals surface area contributed by atoms with Crippen LogP contribution < -0.4 is 20.3 Å². The summed E-state index contributed by atoms with van der Waals surface area (Å²) >= 11 is 12.0. The molecule has 0 saturated carbocycles. The third kappa shape index (κ3) is 5.40. The van der Waals surface area contributed by atoms with Gasteiger partial charge in [-0.25, -0.2) is 4.39 Å². The number of rotatable bonds is 9. The molecule has 12 heteroatoms. The molecule has 0 aliphatic carbocycles. The monoisotopic (exact) mass is 484 g/mol. The molecule has 1 heterocycles. The van der Waals surface area contributed by atoms with Crippen LogP contribution >= 0.6 is 23.2 Å². The standard InChI is InChI=1S/C20H16Cl2F2N4O4/c1-25-18(29)17(28-30-9-23)11-5-2-3-7-13(11)31-19-16(24)20(27-10-26-19)32-14-8-4-6-12(21)15(14)22/h2-8,10,17,28H,9H2,1H3,(H,25,29). The Labute approximate surface area is 191 Å². The number of para-hydroxylation sites is 1. The number of aromatic nitrogens is 2. The van der Waals surface area contributed by atoms with Crippen LogP contribution in [0.1, 0.15) is 11.6 Å². The minimum absolute atomic E-state index is 0.0559. The molecule has 0 fully saturated rings. The highest BCUT2D eigenvalue weighted by Gasteiger charge is 2.25. The van der Waals surface area contributed by atoms with Crippen molar-refractivity contribution in [2.45, 2.75) is 6.04 Å². The zero-order chi connectivity index (χ0) is 23.1. The number of hydrogen-bond acceptors (Lipinski definition) is 7. The van der Waals surface area contributed by atoms with E-state index in [2.05, 4.69) is 25.6 Å². The van der Waals surface area contributed by atoms with Crippen LogP contribution in [-0.4, -0.2) is 29.8 Å². The first-order valence-corrected chi connectivity index (χ1v) is 9.75. The fourth-order valence-electron chi connectivity index (χ4n) is 2.58. The van der Waals surface area contributed by atoms with Crippen LogP contribution in [0, 0.1) is 5.82 Å². The first-order chi connectivity index (χ1) is 15.5. The van der Waals surface area contributed by atoms with Crippen LogP contribution in [0.5, 0.6) is 23.3 Å². The molecule has 0 radical (unpaired) electrons. The molecule has 2 aromatic carbocycles. The molecule has 168 valence electrons. The average Bonchev–Trinajstić information content (AvgIpc) is 2.80. The van der Waals surface area contributed by atoms with Crippen molar-refractivity contribution in [1.82, 2.24) is 20.8 Å². The lowest BCUT2D eigenvalue weighted by Crippen LogP contribution is -2.36. The number of nitrogens with zero attached hydrogens (tertiary/aromatic N) is 2. The van der Waals surface area contributed by atoms with E-state index in [1.165, 1.54) is 25.2 Å². The van der Waals surface area contributed by atoms with E-state index in [-0.39, 0.29) is 27.1 Å². The van der Waals surface area contributed by atoms with Crippen molar-refractivity contribution in [3.63, 3.8) is 0 Å². The maximum absolute atomic E-state index is 15.0. The Bertz CT molecular complexity index is 1110. The van der Waals surface area contributed by atoms with Crippen LogP contribution in [0.3, 0.4) is 0 Å². The molecule has 0 bridgehead atoms. The SMILES string of the molecule is CNC(=O)C(NOCF)c1ccccc1Oc1ncnc(Oc2cccc(Cl)c2Cl)c1F. The number of halogens is 4. The minimum Gasteiger partial charge on any atom is -0.436 e. The summed E-state index contributed by atoms with van der Waals surface area (Å²) in [6.45, 7) is -1.18. The lowest BCUT2D eigenvalue weighted by Gasteiger charge is -2.19. The molecule has 1 aromatic heterocycles. The van der Waals surface area contributed by atoms with Gasteiger partial charge in [0.2, 0.25) is 18.6 Å². The van der Waals surface area contributed by atoms with Crippen LogP contribution in [0.2, 0.25) is 10.0 Å². The molecule has 0 spiro atoms.